The number of methoxy groups -OCH3 is 1. The fourth-order valence-electron chi connectivity index (χ4n) is 2.28. The molecule has 0 aliphatic carbocycles. The van der Waals surface area contributed by atoms with Gasteiger partial charge in [-0.25, -0.2) is 4.99 Å². The molecule has 0 spiro atoms. The SMILES string of the molecule is COc1ccc(-n2nc([N+](=O)[O-])c(=Nc3cccc(Cl)c3C)n2O)cc1. The summed E-state index contributed by atoms with van der Waals surface area (Å²) in [5.74, 6) is 0.00190. The van der Waals surface area contributed by atoms with Crippen LogP contribution in [0.4, 0.5) is 11.5 Å². The summed E-state index contributed by atoms with van der Waals surface area (Å²) >= 11 is 6.06. The maximum atomic E-state index is 11.4. The molecule has 0 radical (unpaired) electrons. The van der Waals surface area contributed by atoms with E-state index >= 15 is 0 Å². The van der Waals surface area contributed by atoms with E-state index in [9.17, 15) is 15.3 Å². The number of hydrogen-bond acceptors (Lipinski definition) is 6. The molecule has 2 aromatic carbocycles. The van der Waals surface area contributed by atoms with E-state index in [4.69, 9.17) is 16.3 Å². The Hall–Kier alpha value is -3.33. The lowest BCUT2D eigenvalue weighted by atomic mass is 10.2. The molecule has 0 saturated carbocycles. The molecule has 134 valence electrons. The monoisotopic (exact) mass is 375 g/mol. The third kappa shape index (κ3) is 3.11. The minimum Gasteiger partial charge on any atom is -0.497 e. The maximum absolute atomic E-state index is 11.4. The topological polar surface area (TPSA) is 108 Å². The molecule has 3 rings (SSSR count). The summed E-state index contributed by atoms with van der Waals surface area (Å²) in [5.41, 5.74) is 1.08. The van der Waals surface area contributed by atoms with Crippen LogP contribution in [0.5, 0.6) is 5.75 Å². The molecule has 0 saturated heterocycles. The van der Waals surface area contributed by atoms with Crippen LogP contribution in [0.25, 0.3) is 5.69 Å². The van der Waals surface area contributed by atoms with E-state index in [-0.39, 0.29) is 5.49 Å². The molecule has 9 nitrogen and oxygen atoms in total. The van der Waals surface area contributed by atoms with Gasteiger partial charge in [0.2, 0.25) is 0 Å². The molecule has 0 atom stereocenters. The van der Waals surface area contributed by atoms with Gasteiger partial charge in [-0.3, -0.25) is 0 Å². The van der Waals surface area contributed by atoms with E-state index in [2.05, 4.69) is 10.1 Å². The molecule has 0 bridgehead atoms. The first-order valence-corrected chi connectivity index (χ1v) is 7.80. The fourth-order valence-corrected chi connectivity index (χ4v) is 2.45. The average Bonchev–Trinajstić information content (AvgIpc) is 2.96. The Balaban J connectivity index is 2.22. The second-order valence-electron chi connectivity index (χ2n) is 5.28. The molecule has 0 aliphatic rings. The lowest BCUT2D eigenvalue weighted by molar-refractivity contribution is -0.391. The molecule has 0 unspecified atom stereocenters. The van der Waals surface area contributed by atoms with Crippen molar-refractivity contribution in [3.05, 3.63) is 68.7 Å². The van der Waals surface area contributed by atoms with Crippen LogP contribution in [-0.2, 0) is 0 Å². The first kappa shape index (κ1) is 17.5. The van der Waals surface area contributed by atoms with Crippen LogP contribution < -0.4 is 10.2 Å². The largest absolute Gasteiger partial charge is 0.497 e. The zero-order valence-corrected chi connectivity index (χ0v) is 14.6. The number of aromatic nitrogens is 3. The first-order chi connectivity index (χ1) is 12.4. The van der Waals surface area contributed by atoms with E-state index in [0.29, 0.717) is 32.6 Å². The van der Waals surface area contributed by atoms with E-state index < -0.39 is 10.7 Å². The van der Waals surface area contributed by atoms with Gasteiger partial charge in [0, 0.05) is 5.02 Å². The third-order valence-corrected chi connectivity index (χ3v) is 4.11. The van der Waals surface area contributed by atoms with Crippen molar-refractivity contribution >= 4 is 23.1 Å². The fraction of sp³-hybridized carbons (Fsp3) is 0.125. The number of nitrogens with zero attached hydrogens (tertiary/aromatic N) is 5. The molecule has 0 fully saturated rings. The van der Waals surface area contributed by atoms with Gasteiger partial charge in [0.15, 0.2) is 0 Å². The normalized spacial score (nSPS) is 11.6. The molecule has 1 heterocycles. The Morgan fingerprint density at radius 1 is 1.27 bits per heavy atom. The quantitative estimate of drug-likeness (QED) is 0.428. The van der Waals surface area contributed by atoms with Gasteiger partial charge in [0.05, 0.1) is 17.9 Å². The van der Waals surface area contributed by atoms with Gasteiger partial charge >= 0.3 is 5.82 Å². The predicted octanol–water partition coefficient (Wildman–Crippen LogP) is 3.02. The highest BCUT2D eigenvalue weighted by atomic mass is 35.5. The number of ether oxygens (including phenoxy) is 1. The van der Waals surface area contributed by atoms with E-state index in [0.717, 1.165) is 4.80 Å². The molecule has 0 aliphatic heterocycles. The van der Waals surface area contributed by atoms with Crippen molar-refractivity contribution in [2.24, 2.45) is 4.99 Å². The smallest absolute Gasteiger partial charge is 0.438 e. The minimum absolute atomic E-state index is 0.323. The van der Waals surface area contributed by atoms with Crippen molar-refractivity contribution in [3.8, 4) is 11.4 Å². The zero-order chi connectivity index (χ0) is 18.8. The van der Waals surface area contributed by atoms with Crippen LogP contribution in [0.2, 0.25) is 5.02 Å². The summed E-state index contributed by atoms with van der Waals surface area (Å²) in [5, 5.41) is 26.1. The Kier molecular flexibility index (Phi) is 4.63. The number of nitro groups is 1. The third-order valence-electron chi connectivity index (χ3n) is 3.70. The van der Waals surface area contributed by atoms with Crippen LogP contribution in [0.1, 0.15) is 5.56 Å². The second-order valence-corrected chi connectivity index (χ2v) is 5.68. The summed E-state index contributed by atoms with van der Waals surface area (Å²) in [6, 6.07) is 11.4. The number of halogens is 1. The van der Waals surface area contributed by atoms with Crippen molar-refractivity contribution in [2.45, 2.75) is 6.92 Å². The number of hydrogen-bond donors (Lipinski definition) is 1. The zero-order valence-electron chi connectivity index (χ0n) is 13.8. The maximum Gasteiger partial charge on any atom is 0.438 e. The van der Waals surface area contributed by atoms with E-state index in [1.165, 1.54) is 7.11 Å². The van der Waals surface area contributed by atoms with E-state index in [1.54, 1.807) is 49.4 Å². The van der Waals surface area contributed by atoms with Crippen molar-refractivity contribution in [1.29, 1.82) is 0 Å². The van der Waals surface area contributed by atoms with Crippen molar-refractivity contribution in [1.82, 2.24) is 14.7 Å². The van der Waals surface area contributed by atoms with Crippen LogP contribution >= 0.6 is 11.6 Å². The highest BCUT2D eigenvalue weighted by Crippen LogP contribution is 2.25. The second kappa shape index (κ2) is 6.89. The average molecular weight is 376 g/mol. The van der Waals surface area contributed by atoms with Crippen LogP contribution in [0, 0.1) is 17.0 Å². The molecule has 3 aromatic rings. The Morgan fingerprint density at radius 2 is 1.96 bits per heavy atom. The highest BCUT2D eigenvalue weighted by molar-refractivity contribution is 6.31. The molecular weight excluding hydrogens is 362 g/mol. The van der Waals surface area contributed by atoms with Crippen molar-refractivity contribution in [3.63, 3.8) is 0 Å². The van der Waals surface area contributed by atoms with Gasteiger partial charge in [-0.2, -0.15) is 0 Å². The molecule has 1 N–H and O–H groups in total. The van der Waals surface area contributed by atoms with Crippen LogP contribution in [0.15, 0.2) is 47.5 Å². The summed E-state index contributed by atoms with van der Waals surface area (Å²) in [6.07, 6.45) is 0. The number of benzene rings is 2. The molecular formula is C16H14ClN5O4. The predicted molar refractivity (Wildman–Crippen MR) is 93.4 cm³/mol. The van der Waals surface area contributed by atoms with Gasteiger partial charge in [-0.1, -0.05) is 22.5 Å². The van der Waals surface area contributed by atoms with Crippen molar-refractivity contribution in [2.75, 3.05) is 7.11 Å². The van der Waals surface area contributed by atoms with Crippen LogP contribution in [0.3, 0.4) is 0 Å². The summed E-state index contributed by atoms with van der Waals surface area (Å²) in [6.45, 7) is 1.72. The Morgan fingerprint density at radius 3 is 2.58 bits per heavy atom. The Labute approximate surface area is 152 Å². The first-order valence-electron chi connectivity index (χ1n) is 7.42. The van der Waals surface area contributed by atoms with Gasteiger partial charge in [0.25, 0.3) is 5.49 Å². The highest BCUT2D eigenvalue weighted by Gasteiger charge is 2.24. The van der Waals surface area contributed by atoms with Gasteiger partial charge in [-0.05, 0) is 58.6 Å². The van der Waals surface area contributed by atoms with Gasteiger partial charge in [0.1, 0.15) is 11.4 Å². The molecule has 10 heteroatoms. The number of rotatable bonds is 4. The van der Waals surface area contributed by atoms with E-state index in [1.807, 2.05) is 0 Å². The van der Waals surface area contributed by atoms with Gasteiger partial charge < -0.3 is 20.1 Å². The van der Waals surface area contributed by atoms with Gasteiger partial charge in [-0.15, -0.1) is 0 Å². The minimum atomic E-state index is -0.717. The summed E-state index contributed by atoms with van der Waals surface area (Å²) < 4.78 is 5.07. The lowest BCUT2D eigenvalue weighted by Gasteiger charge is -2.03. The summed E-state index contributed by atoms with van der Waals surface area (Å²) in [7, 11) is 1.52. The van der Waals surface area contributed by atoms with Crippen molar-refractivity contribution < 1.29 is 14.9 Å². The standard InChI is InChI=1S/C16H14ClN5O4/c1-10-13(17)4-3-5-14(10)18-15-16(22(24)25)19-20(21(15)23)11-6-8-12(26-2)9-7-11/h3-9,23H,1-2H3. The molecule has 0 amide bonds. The van der Waals surface area contributed by atoms with Crippen LogP contribution in [-0.4, -0.2) is 32.0 Å². The molecule has 26 heavy (non-hydrogen) atoms. The Bertz CT molecular complexity index is 1040. The molecule has 1 aromatic heterocycles. The lowest BCUT2D eigenvalue weighted by Crippen LogP contribution is -2.22. The summed E-state index contributed by atoms with van der Waals surface area (Å²) in [4.78, 5) is 16.3.